The molecule has 4 heteroatoms. The highest BCUT2D eigenvalue weighted by atomic mass is 19.1. The maximum atomic E-state index is 13.2. The van der Waals surface area contributed by atoms with Crippen LogP contribution in [0.25, 0.3) is 0 Å². The largest absolute Gasteiger partial charge is 0.493 e. The topological polar surface area (TPSA) is 55.5 Å². The van der Waals surface area contributed by atoms with Gasteiger partial charge < -0.3 is 15.6 Å². The summed E-state index contributed by atoms with van der Waals surface area (Å²) >= 11 is 0. The van der Waals surface area contributed by atoms with Gasteiger partial charge in [-0.2, -0.15) is 0 Å². The Hall–Kier alpha value is -1.13. The smallest absolute Gasteiger partial charge is 0.165 e. The van der Waals surface area contributed by atoms with Crippen LogP contribution in [0.3, 0.4) is 0 Å². The molecule has 0 spiro atoms. The second-order valence-corrected chi connectivity index (χ2v) is 3.13. The maximum Gasteiger partial charge on any atom is 0.165 e. The number of halogens is 1. The summed E-state index contributed by atoms with van der Waals surface area (Å²) in [7, 11) is 1.37. The summed E-state index contributed by atoms with van der Waals surface area (Å²) < 4.78 is 18.1. The molecule has 0 aliphatic rings. The number of benzene rings is 1. The summed E-state index contributed by atoms with van der Waals surface area (Å²) in [6.45, 7) is 1.55. The number of aliphatic hydroxyl groups excluding tert-OH is 1. The molecule has 3 N–H and O–H groups in total. The summed E-state index contributed by atoms with van der Waals surface area (Å²) in [6, 6.07) is 3.83. The van der Waals surface area contributed by atoms with Crippen LogP contribution in [0.2, 0.25) is 0 Å². The van der Waals surface area contributed by atoms with Gasteiger partial charge in [0.2, 0.25) is 0 Å². The van der Waals surface area contributed by atoms with E-state index in [-0.39, 0.29) is 5.75 Å². The van der Waals surface area contributed by atoms with Gasteiger partial charge in [0.1, 0.15) is 0 Å². The highest BCUT2D eigenvalue weighted by molar-refractivity contribution is 5.37. The molecular weight excluding hydrogens is 185 g/mol. The van der Waals surface area contributed by atoms with Crippen LogP contribution in [0, 0.1) is 5.82 Å². The van der Waals surface area contributed by atoms with Crippen molar-refractivity contribution < 1.29 is 14.2 Å². The predicted octanol–water partition coefficient (Wildman–Crippen LogP) is 1.21. The first-order valence-corrected chi connectivity index (χ1v) is 4.34. The van der Waals surface area contributed by atoms with Crippen molar-refractivity contribution >= 4 is 0 Å². The normalized spacial score (nSPS) is 14.9. The lowest BCUT2D eigenvalue weighted by Crippen LogP contribution is -2.23. The molecule has 78 valence electrons. The molecule has 14 heavy (non-hydrogen) atoms. The molecule has 0 saturated carbocycles. The van der Waals surface area contributed by atoms with Crippen LogP contribution in [-0.4, -0.2) is 18.3 Å². The van der Waals surface area contributed by atoms with Crippen LogP contribution in [0.1, 0.15) is 18.5 Å². The fourth-order valence-electron chi connectivity index (χ4n) is 1.26. The number of ether oxygens (including phenoxy) is 1. The highest BCUT2D eigenvalue weighted by Gasteiger charge is 2.18. The first-order chi connectivity index (χ1) is 6.57. The molecule has 0 unspecified atom stereocenters. The first kappa shape index (κ1) is 10.9. The molecule has 0 heterocycles. The minimum absolute atomic E-state index is 0.0981. The van der Waals surface area contributed by atoms with E-state index in [1.165, 1.54) is 19.2 Å². The molecule has 3 nitrogen and oxygen atoms in total. The van der Waals surface area contributed by atoms with Gasteiger partial charge in [-0.1, -0.05) is 12.1 Å². The van der Waals surface area contributed by atoms with Gasteiger partial charge in [0.15, 0.2) is 11.6 Å². The molecule has 0 saturated heterocycles. The third kappa shape index (κ3) is 2.02. The van der Waals surface area contributed by atoms with Gasteiger partial charge in [-0.05, 0) is 13.0 Å². The Morgan fingerprint density at radius 3 is 2.64 bits per heavy atom. The highest BCUT2D eigenvalue weighted by Crippen LogP contribution is 2.28. The Bertz CT molecular complexity index is 315. The van der Waals surface area contributed by atoms with Crippen LogP contribution in [0.15, 0.2) is 18.2 Å². The fourth-order valence-corrected chi connectivity index (χ4v) is 1.26. The summed E-state index contributed by atoms with van der Waals surface area (Å²) in [5.74, 6) is -0.373. The minimum atomic E-state index is -0.745. The Morgan fingerprint density at radius 2 is 2.14 bits per heavy atom. The Kier molecular flexibility index (Phi) is 3.43. The van der Waals surface area contributed by atoms with Gasteiger partial charge in [0.05, 0.1) is 19.3 Å². The lowest BCUT2D eigenvalue weighted by molar-refractivity contribution is 0.162. The zero-order valence-corrected chi connectivity index (χ0v) is 8.20. The number of aliphatic hydroxyl groups is 1. The number of methoxy groups -OCH3 is 1. The molecule has 0 amide bonds. The van der Waals surface area contributed by atoms with Gasteiger partial charge in [-0.3, -0.25) is 0 Å². The summed E-state index contributed by atoms with van der Waals surface area (Å²) in [5, 5.41) is 9.28. The van der Waals surface area contributed by atoms with E-state index in [4.69, 9.17) is 10.5 Å². The molecule has 0 aliphatic heterocycles. The summed E-state index contributed by atoms with van der Waals surface area (Å²) in [6.07, 6.45) is -0.745. The summed E-state index contributed by atoms with van der Waals surface area (Å²) in [5.41, 5.74) is 6.16. The molecule has 1 rings (SSSR count). The van der Waals surface area contributed by atoms with Crippen molar-refractivity contribution in [3.63, 3.8) is 0 Å². The Morgan fingerprint density at radius 1 is 1.50 bits per heavy atom. The van der Waals surface area contributed by atoms with E-state index in [0.717, 1.165) is 0 Å². The van der Waals surface area contributed by atoms with Crippen molar-refractivity contribution in [1.29, 1.82) is 0 Å². The fraction of sp³-hybridized carbons (Fsp3) is 0.400. The van der Waals surface area contributed by atoms with Crippen molar-refractivity contribution in [3.8, 4) is 5.75 Å². The molecule has 0 aliphatic carbocycles. The lowest BCUT2D eigenvalue weighted by Gasteiger charge is -2.18. The number of para-hydroxylation sites is 1. The van der Waals surface area contributed by atoms with Crippen molar-refractivity contribution in [2.45, 2.75) is 19.1 Å². The molecule has 1 aromatic rings. The van der Waals surface area contributed by atoms with Crippen LogP contribution in [0.5, 0.6) is 5.75 Å². The zero-order chi connectivity index (χ0) is 10.7. The van der Waals surface area contributed by atoms with Crippen LogP contribution in [-0.2, 0) is 0 Å². The van der Waals surface area contributed by atoms with Gasteiger partial charge in [-0.15, -0.1) is 0 Å². The predicted molar refractivity (Wildman–Crippen MR) is 51.6 cm³/mol. The van der Waals surface area contributed by atoms with Crippen LogP contribution in [0.4, 0.5) is 4.39 Å². The van der Waals surface area contributed by atoms with Gasteiger partial charge in [-0.25, -0.2) is 4.39 Å². The van der Waals surface area contributed by atoms with E-state index in [0.29, 0.717) is 5.56 Å². The van der Waals surface area contributed by atoms with E-state index in [9.17, 15) is 9.50 Å². The van der Waals surface area contributed by atoms with E-state index < -0.39 is 18.0 Å². The molecule has 0 bridgehead atoms. The molecule has 0 aromatic heterocycles. The average Bonchev–Trinajstić information content (AvgIpc) is 2.16. The van der Waals surface area contributed by atoms with Crippen molar-refractivity contribution in [3.05, 3.63) is 29.6 Å². The second-order valence-electron chi connectivity index (χ2n) is 3.13. The second kappa shape index (κ2) is 4.39. The summed E-state index contributed by atoms with van der Waals surface area (Å²) in [4.78, 5) is 0. The van der Waals surface area contributed by atoms with E-state index in [2.05, 4.69) is 0 Å². The SMILES string of the molecule is COc1c(F)cccc1[C@H](N)[C@H](C)O. The van der Waals surface area contributed by atoms with E-state index >= 15 is 0 Å². The van der Waals surface area contributed by atoms with Crippen molar-refractivity contribution in [2.75, 3.05) is 7.11 Å². The van der Waals surface area contributed by atoms with Gasteiger partial charge >= 0.3 is 0 Å². The van der Waals surface area contributed by atoms with Crippen molar-refractivity contribution in [1.82, 2.24) is 0 Å². The molecule has 0 fully saturated rings. The first-order valence-electron chi connectivity index (χ1n) is 4.34. The third-order valence-corrected chi connectivity index (χ3v) is 2.08. The standard InChI is InChI=1S/C10H14FNO2/c1-6(13)9(12)7-4-3-5-8(11)10(7)14-2/h3-6,9,13H,12H2,1-2H3/t6-,9+/m0/s1. The van der Waals surface area contributed by atoms with Crippen LogP contribution < -0.4 is 10.5 Å². The van der Waals surface area contributed by atoms with E-state index in [1.54, 1.807) is 13.0 Å². The van der Waals surface area contributed by atoms with Gasteiger partial charge in [0, 0.05) is 5.56 Å². The zero-order valence-electron chi connectivity index (χ0n) is 8.20. The molecule has 2 atom stereocenters. The molecule has 0 radical (unpaired) electrons. The van der Waals surface area contributed by atoms with Crippen LogP contribution >= 0.6 is 0 Å². The Balaban J connectivity index is 3.13. The quantitative estimate of drug-likeness (QED) is 0.769. The lowest BCUT2D eigenvalue weighted by atomic mass is 10.0. The minimum Gasteiger partial charge on any atom is -0.493 e. The average molecular weight is 199 g/mol. The number of hydrogen-bond donors (Lipinski definition) is 2. The van der Waals surface area contributed by atoms with Gasteiger partial charge in [0.25, 0.3) is 0 Å². The maximum absolute atomic E-state index is 13.2. The third-order valence-electron chi connectivity index (χ3n) is 2.08. The van der Waals surface area contributed by atoms with Crippen molar-refractivity contribution in [2.24, 2.45) is 5.73 Å². The van der Waals surface area contributed by atoms with E-state index in [1.807, 2.05) is 0 Å². The number of rotatable bonds is 3. The molecular formula is C10H14FNO2. The Labute approximate surface area is 82.3 Å². The number of hydrogen-bond acceptors (Lipinski definition) is 3. The monoisotopic (exact) mass is 199 g/mol. The molecule has 1 aromatic carbocycles. The number of nitrogens with two attached hydrogens (primary N) is 1.